The van der Waals surface area contributed by atoms with Crippen molar-refractivity contribution in [3.63, 3.8) is 0 Å². The molecule has 2 aromatic carbocycles. The highest BCUT2D eigenvalue weighted by atomic mass is 35.5. The standard InChI is InChI=1S/C19H14ClF3N2O3/c20-17-8-4-12-9-13(3-7-15(12)25-17)18(27)24-10-16(26)11-1-5-14(6-2-11)28-19(21,22)23/h1-9,16,26H,10H2,(H,24,27). The molecule has 5 nitrogen and oxygen atoms in total. The molecule has 9 heteroatoms. The topological polar surface area (TPSA) is 71.5 Å². The zero-order valence-electron chi connectivity index (χ0n) is 14.2. The summed E-state index contributed by atoms with van der Waals surface area (Å²) in [7, 11) is 0. The highest BCUT2D eigenvalue weighted by molar-refractivity contribution is 6.29. The van der Waals surface area contributed by atoms with Crippen molar-refractivity contribution in [2.75, 3.05) is 6.54 Å². The van der Waals surface area contributed by atoms with E-state index >= 15 is 0 Å². The number of rotatable bonds is 5. The molecule has 1 amide bonds. The molecule has 0 saturated heterocycles. The number of hydrogen-bond donors (Lipinski definition) is 2. The first-order chi connectivity index (χ1) is 13.2. The number of carbonyl (C=O) groups excluding carboxylic acids is 1. The van der Waals surface area contributed by atoms with Gasteiger partial charge in [0.15, 0.2) is 0 Å². The van der Waals surface area contributed by atoms with Crippen LogP contribution in [-0.4, -0.2) is 28.9 Å². The van der Waals surface area contributed by atoms with Crippen molar-refractivity contribution in [1.82, 2.24) is 10.3 Å². The van der Waals surface area contributed by atoms with Crippen LogP contribution in [0.15, 0.2) is 54.6 Å². The third kappa shape index (κ3) is 5.11. The number of nitrogens with zero attached hydrogens (tertiary/aromatic N) is 1. The average molecular weight is 411 g/mol. The van der Waals surface area contributed by atoms with Crippen LogP contribution in [0.2, 0.25) is 5.15 Å². The molecule has 3 aromatic rings. The maximum atomic E-state index is 12.3. The molecule has 0 fully saturated rings. The van der Waals surface area contributed by atoms with Crippen LogP contribution in [0.3, 0.4) is 0 Å². The van der Waals surface area contributed by atoms with Crippen LogP contribution >= 0.6 is 11.6 Å². The second-order valence-corrected chi connectivity index (χ2v) is 6.27. The monoisotopic (exact) mass is 410 g/mol. The summed E-state index contributed by atoms with van der Waals surface area (Å²) in [4.78, 5) is 16.4. The van der Waals surface area contributed by atoms with E-state index in [0.29, 0.717) is 21.8 Å². The van der Waals surface area contributed by atoms with Crippen LogP contribution < -0.4 is 10.1 Å². The van der Waals surface area contributed by atoms with E-state index in [4.69, 9.17) is 11.6 Å². The molecule has 1 unspecified atom stereocenters. The number of benzene rings is 2. The maximum Gasteiger partial charge on any atom is 0.573 e. The van der Waals surface area contributed by atoms with Gasteiger partial charge >= 0.3 is 6.36 Å². The number of aliphatic hydroxyl groups is 1. The molecule has 0 aliphatic rings. The fourth-order valence-electron chi connectivity index (χ4n) is 2.54. The molecule has 1 heterocycles. The molecular weight excluding hydrogens is 397 g/mol. The van der Waals surface area contributed by atoms with Gasteiger partial charge in [-0.2, -0.15) is 0 Å². The van der Waals surface area contributed by atoms with E-state index in [9.17, 15) is 23.1 Å². The first-order valence-electron chi connectivity index (χ1n) is 8.09. The summed E-state index contributed by atoms with van der Waals surface area (Å²) in [6.45, 7) is -0.116. The molecule has 0 radical (unpaired) electrons. The van der Waals surface area contributed by atoms with E-state index in [1.807, 2.05) is 0 Å². The molecule has 3 rings (SSSR count). The van der Waals surface area contributed by atoms with Crippen molar-refractivity contribution in [3.05, 3.63) is 70.9 Å². The van der Waals surface area contributed by atoms with Gasteiger partial charge in [-0.15, -0.1) is 13.2 Å². The number of fused-ring (bicyclic) bond motifs is 1. The predicted octanol–water partition coefficient (Wildman–Crippen LogP) is 4.25. The number of alkyl halides is 3. The molecular formula is C19H14ClF3N2O3. The summed E-state index contributed by atoms with van der Waals surface area (Å²) in [6, 6.07) is 13.0. The largest absolute Gasteiger partial charge is 0.573 e. The molecule has 146 valence electrons. The number of amides is 1. The van der Waals surface area contributed by atoms with Crippen LogP contribution in [0.5, 0.6) is 5.75 Å². The Bertz CT molecular complexity index is 994. The summed E-state index contributed by atoms with van der Waals surface area (Å²) < 4.78 is 40.2. The van der Waals surface area contributed by atoms with Crippen molar-refractivity contribution in [3.8, 4) is 5.75 Å². The quantitative estimate of drug-likeness (QED) is 0.617. The van der Waals surface area contributed by atoms with Crippen LogP contribution in [0.1, 0.15) is 22.0 Å². The number of ether oxygens (including phenoxy) is 1. The molecule has 28 heavy (non-hydrogen) atoms. The van der Waals surface area contributed by atoms with Crippen molar-refractivity contribution in [2.24, 2.45) is 0 Å². The summed E-state index contributed by atoms with van der Waals surface area (Å²) in [6.07, 6.45) is -5.88. The van der Waals surface area contributed by atoms with Gasteiger partial charge in [-0.3, -0.25) is 4.79 Å². The van der Waals surface area contributed by atoms with Crippen molar-refractivity contribution < 1.29 is 27.8 Å². The van der Waals surface area contributed by atoms with Crippen molar-refractivity contribution in [2.45, 2.75) is 12.5 Å². The summed E-state index contributed by atoms with van der Waals surface area (Å²) in [5.74, 6) is -0.801. The lowest BCUT2D eigenvalue weighted by Gasteiger charge is -2.14. The first-order valence-corrected chi connectivity index (χ1v) is 8.47. The molecule has 1 atom stereocenters. The van der Waals surface area contributed by atoms with Gasteiger partial charge in [-0.1, -0.05) is 23.7 Å². The Labute approximate surface area is 162 Å². The zero-order valence-corrected chi connectivity index (χ0v) is 15.0. The van der Waals surface area contributed by atoms with Gasteiger partial charge in [0.25, 0.3) is 5.91 Å². The van der Waals surface area contributed by atoms with Gasteiger partial charge in [0, 0.05) is 17.5 Å². The van der Waals surface area contributed by atoms with Gasteiger partial charge in [-0.05, 0) is 48.0 Å². The summed E-state index contributed by atoms with van der Waals surface area (Å²) in [5.41, 5.74) is 1.36. The minimum atomic E-state index is -4.78. The van der Waals surface area contributed by atoms with Gasteiger partial charge in [0.2, 0.25) is 0 Å². The van der Waals surface area contributed by atoms with Crippen molar-refractivity contribution in [1.29, 1.82) is 0 Å². The van der Waals surface area contributed by atoms with E-state index in [1.165, 1.54) is 12.1 Å². The molecule has 2 N–H and O–H groups in total. The van der Waals surface area contributed by atoms with Crippen LogP contribution in [0.25, 0.3) is 10.9 Å². The Balaban J connectivity index is 1.61. The zero-order chi connectivity index (χ0) is 20.3. The minimum absolute atomic E-state index is 0.116. The Morgan fingerprint density at radius 3 is 2.54 bits per heavy atom. The lowest BCUT2D eigenvalue weighted by Crippen LogP contribution is -2.28. The van der Waals surface area contributed by atoms with Gasteiger partial charge in [0.1, 0.15) is 10.9 Å². The van der Waals surface area contributed by atoms with E-state index in [0.717, 1.165) is 17.5 Å². The van der Waals surface area contributed by atoms with E-state index < -0.39 is 24.1 Å². The number of carbonyl (C=O) groups is 1. The summed E-state index contributed by atoms with van der Waals surface area (Å²) >= 11 is 5.82. The fourth-order valence-corrected chi connectivity index (χ4v) is 2.70. The third-order valence-electron chi connectivity index (χ3n) is 3.87. The van der Waals surface area contributed by atoms with Crippen LogP contribution in [0.4, 0.5) is 13.2 Å². The van der Waals surface area contributed by atoms with Gasteiger partial charge in [-0.25, -0.2) is 4.98 Å². The SMILES string of the molecule is O=C(NCC(O)c1ccc(OC(F)(F)F)cc1)c1ccc2nc(Cl)ccc2c1. The predicted molar refractivity (Wildman–Crippen MR) is 97.2 cm³/mol. The fraction of sp³-hybridized carbons (Fsp3) is 0.158. The smallest absolute Gasteiger partial charge is 0.406 e. The highest BCUT2D eigenvalue weighted by Gasteiger charge is 2.31. The average Bonchev–Trinajstić information content (AvgIpc) is 2.64. The molecule has 1 aromatic heterocycles. The Morgan fingerprint density at radius 2 is 1.86 bits per heavy atom. The van der Waals surface area contributed by atoms with Crippen molar-refractivity contribution >= 4 is 28.4 Å². The molecule has 0 aliphatic carbocycles. The molecule has 0 bridgehead atoms. The number of halogens is 4. The highest BCUT2D eigenvalue weighted by Crippen LogP contribution is 2.24. The Hall–Kier alpha value is -2.84. The van der Waals surface area contributed by atoms with E-state index in [2.05, 4.69) is 15.0 Å². The van der Waals surface area contributed by atoms with Gasteiger partial charge in [0.05, 0.1) is 11.6 Å². The number of aliphatic hydroxyl groups excluding tert-OH is 1. The van der Waals surface area contributed by atoms with E-state index in [-0.39, 0.29) is 6.54 Å². The Morgan fingerprint density at radius 1 is 1.14 bits per heavy atom. The lowest BCUT2D eigenvalue weighted by atomic mass is 10.1. The van der Waals surface area contributed by atoms with Gasteiger partial charge < -0.3 is 15.2 Å². The minimum Gasteiger partial charge on any atom is -0.406 e. The van der Waals surface area contributed by atoms with Crippen LogP contribution in [-0.2, 0) is 0 Å². The summed E-state index contributed by atoms with van der Waals surface area (Å²) in [5, 5.41) is 13.8. The lowest BCUT2D eigenvalue weighted by molar-refractivity contribution is -0.274. The number of pyridine rings is 1. The third-order valence-corrected chi connectivity index (χ3v) is 4.08. The molecule has 0 spiro atoms. The van der Waals surface area contributed by atoms with Crippen LogP contribution in [0, 0.1) is 0 Å². The molecule has 0 saturated carbocycles. The molecule has 0 aliphatic heterocycles. The first kappa shape index (κ1) is 19.9. The second kappa shape index (κ2) is 8.04. The maximum absolute atomic E-state index is 12.3. The second-order valence-electron chi connectivity index (χ2n) is 5.88. The van der Waals surface area contributed by atoms with E-state index in [1.54, 1.807) is 30.3 Å². The number of nitrogens with one attached hydrogen (secondary N) is 1. The normalized spacial score (nSPS) is 12.6. The number of hydrogen-bond acceptors (Lipinski definition) is 4. The Kier molecular flexibility index (Phi) is 5.71. The number of aromatic nitrogens is 1.